The monoisotopic (exact) mass is 392 g/mol. The highest BCUT2D eigenvalue weighted by molar-refractivity contribution is 6.01. The summed E-state index contributed by atoms with van der Waals surface area (Å²) in [5.74, 6) is -2.14. The fourth-order valence-electron chi connectivity index (χ4n) is 3.54. The lowest BCUT2D eigenvalue weighted by Crippen LogP contribution is -2.22. The van der Waals surface area contributed by atoms with E-state index >= 15 is 0 Å². The number of phenolic OH excluding ortho intramolecular Hbond substituents is 1. The van der Waals surface area contributed by atoms with E-state index in [-0.39, 0.29) is 43.4 Å². The van der Waals surface area contributed by atoms with Crippen LogP contribution in [0.2, 0.25) is 0 Å². The van der Waals surface area contributed by atoms with Crippen LogP contribution < -0.4 is 0 Å². The van der Waals surface area contributed by atoms with Gasteiger partial charge in [-0.1, -0.05) is 30.3 Å². The topological polar surface area (TPSA) is 63.6 Å². The first kappa shape index (κ1) is 19.9. The first-order valence-corrected chi connectivity index (χ1v) is 8.93. The van der Waals surface area contributed by atoms with Crippen LogP contribution in [0.3, 0.4) is 0 Å². The number of fused-ring (bicyclic) bond motifs is 1. The smallest absolute Gasteiger partial charge is 0.416 e. The number of alkyl halides is 3. The standard InChI is InChI=1S/C21H19F3O4/c22-21(23,24)15-8-10-17(26)20-16(25)9-6-14(19(15)20)7-11-18(27)28-12-13-4-2-1-3-5-13/h1-5,8,10,14,26H,6-7,9,11-12H2. The van der Waals surface area contributed by atoms with Crippen molar-refractivity contribution >= 4 is 11.8 Å². The number of phenols is 1. The van der Waals surface area contributed by atoms with Crippen LogP contribution in [0.1, 0.15) is 58.6 Å². The van der Waals surface area contributed by atoms with Crippen LogP contribution in [0, 0.1) is 0 Å². The summed E-state index contributed by atoms with van der Waals surface area (Å²) in [5, 5.41) is 9.94. The van der Waals surface area contributed by atoms with E-state index in [2.05, 4.69) is 0 Å². The molecule has 1 atom stereocenters. The number of halogens is 3. The van der Waals surface area contributed by atoms with Crippen molar-refractivity contribution < 1.29 is 32.6 Å². The maximum atomic E-state index is 13.4. The first-order valence-electron chi connectivity index (χ1n) is 8.93. The van der Waals surface area contributed by atoms with Gasteiger partial charge < -0.3 is 9.84 Å². The van der Waals surface area contributed by atoms with Gasteiger partial charge in [-0.3, -0.25) is 9.59 Å². The predicted octanol–water partition coefficient (Wildman–Crippen LogP) is 4.99. The molecule has 0 heterocycles. The molecule has 2 aromatic rings. The van der Waals surface area contributed by atoms with Gasteiger partial charge in [-0.05, 0) is 42.0 Å². The molecule has 4 nitrogen and oxygen atoms in total. The third-order valence-electron chi connectivity index (χ3n) is 4.88. The molecular weight excluding hydrogens is 373 g/mol. The third-order valence-corrected chi connectivity index (χ3v) is 4.88. The number of Topliss-reactive ketones (excluding diaryl/α,β-unsaturated/α-hetero) is 1. The molecule has 1 N–H and O–H groups in total. The second kappa shape index (κ2) is 8.04. The SMILES string of the molecule is O=C(CCC1CCC(=O)c2c(O)ccc(C(F)(F)F)c21)OCc1ccccc1. The van der Waals surface area contributed by atoms with Gasteiger partial charge in [-0.2, -0.15) is 13.2 Å². The zero-order valence-corrected chi connectivity index (χ0v) is 15.0. The highest BCUT2D eigenvalue weighted by atomic mass is 19.4. The van der Waals surface area contributed by atoms with Gasteiger partial charge in [0, 0.05) is 12.8 Å². The Kier molecular flexibility index (Phi) is 5.72. The summed E-state index contributed by atoms with van der Waals surface area (Å²) in [7, 11) is 0. The second-order valence-corrected chi connectivity index (χ2v) is 6.76. The van der Waals surface area contributed by atoms with Crippen LogP contribution in [0.5, 0.6) is 5.75 Å². The Bertz CT molecular complexity index is 875. The van der Waals surface area contributed by atoms with Gasteiger partial charge in [0.2, 0.25) is 0 Å². The fraction of sp³-hybridized carbons (Fsp3) is 0.333. The van der Waals surface area contributed by atoms with E-state index in [4.69, 9.17) is 4.74 Å². The number of rotatable bonds is 5. The van der Waals surface area contributed by atoms with Crippen LogP contribution >= 0.6 is 0 Å². The number of hydrogen-bond acceptors (Lipinski definition) is 4. The van der Waals surface area contributed by atoms with Gasteiger partial charge in [0.1, 0.15) is 12.4 Å². The molecule has 0 saturated heterocycles. The molecule has 1 unspecified atom stereocenters. The lowest BCUT2D eigenvalue weighted by atomic mass is 9.77. The van der Waals surface area contributed by atoms with E-state index < -0.39 is 35.2 Å². The second-order valence-electron chi connectivity index (χ2n) is 6.76. The Hall–Kier alpha value is -2.83. The van der Waals surface area contributed by atoms with E-state index in [0.717, 1.165) is 17.7 Å². The van der Waals surface area contributed by atoms with Gasteiger partial charge in [-0.25, -0.2) is 0 Å². The van der Waals surface area contributed by atoms with Crippen molar-refractivity contribution in [1.82, 2.24) is 0 Å². The molecular formula is C21H19F3O4. The number of ether oxygens (including phenoxy) is 1. The molecule has 0 fully saturated rings. The zero-order valence-electron chi connectivity index (χ0n) is 15.0. The van der Waals surface area contributed by atoms with E-state index in [9.17, 15) is 27.9 Å². The normalized spacial score (nSPS) is 16.5. The lowest BCUT2D eigenvalue weighted by molar-refractivity contribution is -0.145. The Morgan fingerprint density at radius 1 is 1.14 bits per heavy atom. The first-order chi connectivity index (χ1) is 13.3. The zero-order chi connectivity index (χ0) is 20.3. The molecule has 148 valence electrons. The van der Waals surface area contributed by atoms with Crippen molar-refractivity contribution in [2.75, 3.05) is 0 Å². The van der Waals surface area contributed by atoms with E-state index in [1.807, 2.05) is 18.2 Å². The van der Waals surface area contributed by atoms with Gasteiger partial charge in [0.15, 0.2) is 5.78 Å². The molecule has 28 heavy (non-hydrogen) atoms. The fourth-order valence-corrected chi connectivity index (χ4v) is 3.54. The van der Waals surface area contributed by atoms with E-state index in [1.54, 1.807) is 12.1 Å². The highest BCUT2D eigenvalue weighted by Crippen LogP contribution is 2.45. The minimum atomic E-state index is -4.65. The molecule has 0 aromatic heterocycles. The lowest BCUT2D eigenvalue weighted by Gasteiger charge is -2.28. The van der Waals surface area contributed by atoms with Crippen LogP contribution in [-0.4, -0.2) is 16.9 Å². The summed E-state index contributed by atoms with van der Waals surface area (Å²) in [6, 6.07) is 10.7. The number of benzene rings is 2. The Labute approximate surface area is 159 Å². The quantitative estimate of drug-likeness (QED) is 0.728. The average molecular weight is 392 g/mol. The number of aromatic hydroxyl groups is 1. The number of esters is 1. The van der Waals surface area contributed by atoms with Crippen molar-refractivity contribution in [3.05, 3.63) is 64.7 Å². The third kappa shape index (κ3) is 4.35. The molecule has 0 saturated carbocycles. The van der Waals surface area contributed by atoms with Crippen LogP contribution in [0.4, 0.5) is 13.2 Å². The predicted molar refractivity (Wildman–Crippen MR) is 94.9 cm³/mol. The maximum absolute atomic E-state index is 13.4. The van der Waals surface area contributed by atoms with Crippen molar-refractivity contribution in [3.8, 4) is 5.75 Å². The van der Waals surface area contributed by atoms with Gasteiger partial charge in [0.25, 0.3) is 0 Å². The minimum Gasteiger partial charge on any atom is -0.507 e. The molecule has 1 aliphatic rings. The van der Waals surface area contributed by atoms with Gasteiger partial charge in [-0.15, -0.1) is 0 Å². The summed E-state index contributed by atoms with van der Waals surface area (Å²) in [5.41, 5.74) is -0.604. The Morgan fingerprint density at radius 3 is 2.54 bits per heavy atom. The number of carbonyl (C=O) groups excluding carboxylic acids is 2. The van der Waals surface area contributed by atoms with Crippen LogP contribution in [0.25, 0.3) is 0 Å². The number of hydrogen-bond donors (Lipinski definition) is 1. The molecule has 2 aromatic carbocycles. The van der Waals surface area contributed by atoms with Crippen molar-refractivity contribution in [2.45, 2.75) is 44.4 Å². The molecule has 7 heteroatoms. The number of carbonyl (C=O) groups is 2. The summed E-state index contributed by atoms with van der Waals surface area (Å²) >= 11 is 0. The molecule has 0 spiro atoms. The Balaban J connectivity index is 1.74. The van der Waals surface area contributed by atoms with Crippen molar-refractivity contribution in [2.24, 2.45) is 0 Å². The van der Waals surface area contributed by atoms with Gasteiger partial charge in [0.05, 0.1) is 11.1 Å². The molecule has 0 amide bonds. The van der Waals surface area contributed by atoms with Crippen molar-refractivity contribution in [3.63, 3.8) is 0 Å². The highest BCUT2D eigenvalue weighted by Gasteiger charge is 2.40. The summed E-state index contributed by atoms with van der Waals surface area (Å²) in [6.45, 7) is 0.0913. The molecule has 0 bridgehead atoms. The minimum absolute atomic E-state index is 0.0333. The molecule has 1 aliphatic carbocycles. The molecule has 3 rings (SSSR count). The summed E-state index contributed by atoms with van der Waals surface area (Å²) < 4.78 is 45.5. The molecule has 0 aliphatic heterocycles. The van der Waals surface area contributed by atoms with Crippen molar-refractivity contribution in [1.29, 1.82) is 0 Å². The number of ketones is 1. The average Bonchev–Trinajstić information content (AvgIpc) is 2.65. The summed E-state index contributed by atoms with van der Waals surface area (Å²) in [4.78, 5) is 24.1. The summed E-state index contributed by atoms with van der Waals surface area (Å²) in [6.07, 6.45) is -4.38. The Morgan fingerprint density at radius 2 is 1.86 bits per heavy atom. The molecule has 0 radical (unpaired) electrons. The van der Waals surface area contributed by atoms with Crippen LogP contribution in [-0.2, 0) is 22.3 Å². The van der Waals surface area contributed by atoms with E-state index in [1.165, 1.54) is 0 Å². The largest absolute Gasteiger partial charge is 0.507 e. The van der Waals surface area contributed by atoms with Gasteiger partial charge >= 0.3 is 12.1 Å². The maximum Gasteiger partial charge on any atom is 0.416 e. The van der Waals surface area contributed by atoms with E-state index in [0.29, 0.717) is 0 Å². The van der Waals surface area contributed by atoms with Crippen LogP contribution in [0.15, 0.2) is 42.5 Å².